The van der Waals surface area contributed by atoms with Crippen molar-refractivity contribution >= 4 is 39.1 Å². The fourth-order valence-corrected chi connectivity index (χ4v) is 4.93. The minimum Gasteiger partial charge on any atom is -0.497 e. The number of ether oxygens (including phenoxy) is 1. The summed E-state index contributed by atoms with van der Waals surface area (Å²) >= 11 is 5.94. The van der Waals surface area contributed by atoms with Crippen molar-refractivity contribution in [2.45, 2.75) is 58.7 Å². The fraction of sp³-hybridized carbons (Fsp3) is 0.462. The van der Waals surface area contributed by atoms with E-state index in [0.717, 1.165) is 11.8 Å². The van der Waals surface area contributed by atoms with Crippen molar-refractivity contribution in [3.63, 3.8) is 0 Å². The van der Waals surface area contributed by atoms with E-state index in [9.17, 15) is 18.0 Å². The molecule has 2 amide bonds. The van der Waals surface area contributed by atoms with Gasteiger partial charge in [0.05, 0.1) is 19.1 Å². The van der Waals surface area contributed by atoms with Crippen molar-refractivity contribution in [2.75, 3.05) is 24.2 Å². The van der Waals surface area contributed by atoms with Crippen LogP contribution in [0.1, 0.15) is 45.6 Å². The van der Waals surface area contributed by atoms with Gasteiger partial charge in [0.15, 0.2) is 0 Å². The van der Waals surface area contributed by atoms with Crippen molar-refractivity contribution in [3.8, 4) is 5.75 Å². The van der Waals surface area contributed by atoms with Gasteiger partial charge in [-0.25, -0.2) is 8.42 Å². The molecule has 0 aromatic heterocycles. The molecule has 1 atom stereocenters. The van der Waals surface area contributed by atoms with E-state index < -0.39 is 16.1 Å². The lowest BCUT2D eigenvalue weighted by Gasteiger charge is -2.31. The molecule has 0 heterocycles. The van der Waals surface area contributed by atoms with Crippen LogP contribution in [-0.2, 0) is 26.2 Å². The van der Waals surface area contributed by atoms with E-state index in [0.29, 0.717) is 22.9 Å². The number of sulfonamides is 1. The van der Waals surface area contributed by atoms with Crippen molar-refractivity contribution in [2.24, 2.45) is 0 Å². The first-order valence-electron chi connectivity index (χ1n) is 11.9. The number of rotatable bonds is 13. The highest BCUT2D eigenvalue weighted by molar-refractivity contribution is 7.92. The van der Waals surface area contributed by atoms with Crippen LogP contribution in [-0.4, -0.2) is 57.1 Å². The standard InChI is InChI=1S/C26H36ClN3O5S/c1-6-24(26(32)28-19(2)3)29(18-20-9-15-23(35-4)16-10-20)25(31)8-7-17-30(36(5,33)34)22-13-11-21(27)12-14-22/h9-16,19,24H,6-8,17-18H2,1-5H3,(H,28,32)/t24-/m1/s1. The molecule has 10 heteroatoms. The number of anilines is 1. The molecule has 36 heavy (non-hydrogen) atoms. The highest BCUT2D eigenvalue weighted by Gasteiger charge is 2.29. The number of methoxy groups -OCH3 is 1. The predicted molar refractivity (Wildman–Crippen MR) is 144 cm³/mol. The molecule has 198 valence electrons. The first-order valence-corrected chi connectivity index (χ1v) is 14.1. The SMILES string of the molecule is CC[C@H](C(=O)NC(C)C)N(Cc1ccc(OC)cc1)C(=O)CCCN(c1ccc(Cl)cc1)S(C)(=O)=O. The van der Waals surface area contributed by atoms with Gasteiger partial charge in [0.2, 0.25) is 21.8 Å². The summed E-state index contributed by atoms with van der Waals surface area (Å²) in [6, 6.07) is 13.1. The Bertz CT molecular complexity index is 1110. The molecule has 0 fully saturated rings. The van der Waals surface area contributed by atoms with Gasteiger partial charge < -0.3 is 15.0 Å². The quantitative estimate of drug-likeness (QED) is 0.412. The van der Waals surface area contributed by atoms with Gasteiger partial charge in [0, 0.05) is 30.6 Å². The average Bonchev–Trinajstić information content (AvgIpc) is 2.81. The number of hydrogen-bond acceptors (Lipinski definition) is 5. The summed E-state index contributed by atoms with van der Waals surface area (Å²) in [5.74, 6) is 0.263. The fourth-order valence-electron chi connectivity index (χ4n) is 3.84. The molecule has 2 aromatic carbocycles. The molecule has 1 N–H and O–H groups in total. The maximum atomic E-state index is 13.4. The van der Waals surface area contributed by atoms with E-state index in [1.54, 1.807) is 36.3 Å². The number of nitrogens with one attached hydrogen (secondary N) is 1. The van der Waals surface area contributed by atoms with Crippen LogP contribution in [0, 0.1) is 0 Å². The Hall–Kier alpha value is -2.78. The molecule has 0 saturated heterocycles. The van der Waals surface area contributed by atoms with Crippen LogP contribution in [0.25, 0.3) is 0 Å². The van der Waals surface area contributed by atoms with Crippen molar-refractivity contribution in [3.05, 3.63) is 59.1 Å². The Morgan fingerprint density at radius 2 is 1.67 bits per heavy atom. The van der Waals surface area contributed by atoms with Gasteiger partial charge >= 0.3 is 0 Å². The molecule has 0 aliphatic carbocycles. The molecule has 0 saturated carbocycles. The lowest BCUT2D eigenvalue weighted by molar-refractivity contribution is -0.141. The van der Waals surface area contributed by atoms with E-state index in [4.69, 9.17) is 16.3 Å². The summed E-state index contributed by atoms with van der Waals surface area (Å²) in [4.78, 5) is 27.9. The zero-order valence-electron chi connectivity index (χ0n) is 21.5. The van der Waals surface area contributed by atoms with Gasteiger partial charge in [-0.05, 0) is 68.7 Å². The number of halogens is 1. The molecule has 0 unspecified atom stereocenters. The Kier molecular flexibility index (Phi) is 11.0. The molecular formula is C26H36ClN3O5S. The van der Waals surface area contributed by atoms with Crippen LogP contribution in [0.4, 0.5) is 5.69 Å². The lowest BCUT2D eigenvalue weighted by atomic mass is 10.1. The van der Waals surface area contributed by atoms with Crippen LogP contribution >= 0.6 is 11.6 Å². The largest absolute Gasteiger partial charge is 0.497 e. The van der Waals surface area contributed by atoms with E-state index in [1.807, 2.05) is 45.0 Å². The van der Waals surface area contributed by atoms with Crippen LogP contribution < -0.4 is 14.4 Å². The van der Waals surface area contributed by atoms with Crippen LogP contribution in [0.3, 0.4) is 0 Å². The highest BCUT2D eigenvalue weighted by atomic mass is 35.5. The summed E-state index contributed by atoms with van der Waals surface area (Å²) < 4.78 is 31.3. The first-order chi connectivity index (χ1) is 17.0. The van der Waals surface area contributed by atoms with Crippen LogP contribution in [0.15, 0.2) is 48.5 Å². The molecular weight excluding hydrogens is 502 g/mol. The maximum Gasteiger partial charge on any atom is 0.243 e. The van der Waals surface area contributed by atoms with Crippen LogP contribution in [0.2, 0.25) is 5.02 Å². The number of hydrogen-bond donors (Lipinski definition) is 1. The third-order valence-corrected chi connectivity index (χ3v) is 7.04. The molecule has 2 aromatic rings. The van der Waals surface area contributed by atoms with Gasteiger partial charge in [-0.2, -0.15) is 0 Å². The van der Waals surface area contributed by atoms with Crippen molar-refractivity contribution in [1.82, 2.24) is 10.2 Å². The monoisotopic (exact) mass is 537 g/mol. The third-order valence-electron chi connectivity index (χ3n) is 5.60. The summed E-state index contributed by atoms with van der Waals surface area (Å²) in [6.45, 7) is 5.98. The highest BCUT2D eigenvalue weighted by Crippen LogP contribution is 2.22. The summed E-state index contributed by atoms with van der Waals surface area (Å²) in [6.07, 6.45) is 1.95. The summed E-state index contributed by atoms with van der Waals surface area (Å²) in [7, 11) is -1.98. The smallest absolute Gasteiger partial charge is 0.243 e. The van der Waals surface area contributed by atoms with Crippen molar-refractivity contribution < 1.29 is 22.7 Å². The van der Waals surface area contributed by atoms with E-state index in [1.165, 1.54) is 4.31 Å². The first kappa shape index (κ1) is 29.5. The van der Waals surface area contributed by atoms with E-state index >= 15 is 0 Å². The minimum atomic E-state index is -3.56. The molecule has 2 rings (SSSR count). The minimum absolute atomic E-state index is 0.0628. The second-order valence-electron chi connectivity index (χ2n) is 8.87. The number of carbonyl (C=O) groups excluding carboxylic acids is 2. The van der Waals surface area contributed by atoms with Crippen LogP contribution in [0.5, 0.6) is 5.75 Å². The Balaban J connectivity index is 2.21. The molecule has 0 aliphatic heterocycles. The number of benzene rings is 2. The zero-order valence-corrected chi connectivity index (χ0v) is 23.1. The Morgan fingerprint density at radius 1 is 1.06 bits per heavy atom. The molecule has 0 radical (unpaired) electrons. The normalized spacial score (nSPS) is 12.2. The second-order valence-corrected chi connectivity index (χ2v) is 11.2. The lowest BCUT2D eigenvalue weighted by Crippen LogP contribution is -2.50. The molecule has 0 bridgehead atoms. The molecule has 0 aliphatic rings. The summed E-state index contributed by atoms with van der Waals surface area (Å²) in [5, 5.41) is 3.40. The van der Waals surface area contributed by atoms with E-state index in [2.05, 4.69) is 5.32 Å². The topological polar surface area (TPSA) is 96.0 Å². The number of nitrogens with zero attached hydrogens (tertiary/aromatic N) is 2. The number of amides is 2. The van der Waals surface area contributed by atoms with E-state index in [-0.39, 0.29) is 43.8 Å². The number of carbonyl (C=O) groups is 2. The maximum absolute atomic E-state index is 13.4. The Morgan fingerprint density at radius 3 is 2.17 bits per heavy atom. The van der Waals surface area contributed by atoms with Gasteiger partial charge in [0.1, 0.15) is 11.8 Å². The summed E-state index contributed by atoms with van der Waals surface area (Å²) in [5.41, 5.74) is 1.34. The third kappa shape index (κ3) is 8.71. The molecule has 8 nitrogen and oxygen atoms in total. The van der Waals surface area contributed by atoms with Gasteiger partial charge in [-0.1, -0.05) is 30.7 Å². The second kappa shape index (κ2) is 13.5. The van der Waals surface area contributed by atoms with Crippen molar-refractivity contribution in [1.29, 1.82) is 0 Å². The van der Waals surface area contributed by atoms with Gasteiger partial charge in [-0.3, -0.25) is 13.9 Å². The predicted octanol–water partition coefficient (Wildman–Crippen LogP) is 4.23. The average molecular weight is 538 g/mol. The zero-order chi connectivity index (χ0) is 26.9. The van der Waals surface area contributed by atoms with Gasteiger partial charge in [0.25, 0.3) is 0 Å². The van der Waals surface area contributed by atoms with Gasteiger partial charge in [-0.15, -0.1) is 0 Å². The Labute approximate surface area is 219 Å². The molecule has 0 spiro atoms.